The first-order valence-electron chi connectivity index (χ1n) is 12.7. The molecule has 3 aliphatic rings. The zero-order valence-electron chi connectivity index (χ0n) is 20.7. The predicted molar refractivity (Wildman–Crippen MR) is 145 cm³/mol. The fourth-order valence-electron chi connectivity index (χ4n) is 6.03. The molecule has 0 spiro atoms. The second kappa shape index (κ2) is 9.57. The molecule has 0 radical (unpaired) electrons. The second-order valence-electron chi connectivity index (χ2n) is 10.3. The van der Waals surface area contributed by atoms with Crippen molar-refractivity contribution in [2.24, 2.45) is 23.5 Å². The molecular formula is C27H30BrN7O2. The quantitative estimate of drug-likeness (QED) is 0.396. The number of imidazole rings is 1. The summed E-state index contributed by atoms with van der Waals surface area (Å²) in [6, 6.07) is 8.34. The Bertz CT molecular complexity index is 1380. The Morgan fingerprint density at radius 2 is 1.86 bits per heavy atom. The molecule has 6 rings (SSSR count). The van der Waals surface area contributed by atoms with E-state index in [0.29, 0.717) is 5.65 Å². The highest BCUT2D eigenvalue weighted by atomic mass is 79.9. The zero-order chi connectivity index (χ0) is 25.7. The standard InChI is InChI=1S/C27H30BrN7O2/c1-15(36)35-10-8-34(9-11-35)14-16-2-4-17(5-3-16)26-32-24-23(20(28)13-30-27(24)33-26)31-22-19-7-6-18(12-19)21(22)25(29)37/h2-7,13,18-19,21-22H,8-12,14H2,1H3,(H2,29,37)(H2,30,31,32,33)/t18-,19+,21+,22-/m1/s1. The van der Waals surface area contributed by atoms with E-state index in [1.54, 1.807) is 13.1 Å². The molecule has 2 aromatic heterocycles. The maximum absolute atomic E-state index is 12.2. The molecule has 4 N–H and O–H groups in total. The van der Waals surface area contributed by atoms with Gasteiger partial charge in [0.1, 0.15) is 11.3 Å². The summed E-state index contributed by atoms with van der Waals surface area (Å²) in [5.41, 5.74) is 10.2. The summed E-state index contributed by atoms with van der Waals surface area (Å²) in [4.78, 5) is 40.8. The lowest BCUT2D eigenvalue weighted by Gasteiger charge is -2.34. The van der Waals surface area contributed by atoms with Crippen LogP contribution in [0.15, 0.2) is 47.1 Å². The molecular weight excluding hydrogens is 534 g/mol. The average Bonchev–Trinajstić information content (AvgIpc) is 3.61. The van der Waals surface area contributed by atoms with E-state index in [1.807, 2.05) is 4.90 Å². The molecule has 2 bridgehead atoms. The van der Waals surface area contributed by atoms with E-state index in [1.165, 1.54) is 5.56 Å². The number of piperazine rings is 1. The summed E-state index contributed by atoms with van der Waals surface area (Å²) in [5, 5.41) is 3.60. The van der Waals surface area contributed by atoms with Gasteiger partial charge in [-0.15, -0.1) is 0 Å². The van der Waals surface area contributed by atoms with Crippen molar-refractivity contribution in [2.75, 3.05) is 31.5 Å². The Labute approximate surface area is 223 Å². The highest BCUT2D eigenvalue weighted by Gasteiger charge is 2.47. The smallest absolute Gasteiger partial charge is 0.223 e. The molecule has 3 heterocycles. The van der Waals surface area contributed by atoms with Crippen molar-refractivity contribution in [2.45, 2.75) is 25.9 Å². The molecule has 1 aromatic carbocycles. The van der Waals surface area contributed by atoms with Gasteiger partial charge in [-0.25, -0.2) is 9.97 Å². The topological polar surface area (TPSA) is 120 Å². The summed E-state index contributed by atoms with van der Waals surface area (Å²) in [7, 11) is 0. The molecule has 3 aromatic rings. The molecule has 0 unspecified atom stereocenters. The van der Waals surface area contributed by atoms with Gasteiger partial charge in [0, 0.05) is 57.4 Å². The Kier molecular flexibility index (Phi) is 6.24. The van der Waals surface area contributed by atoms with Gasteiger partial charge < -0.3 is 20.9 Å². The number of halogens is 1. The summed E-state index contributed by atoms with van der Waals surface area (Å²) < 4.78 is 0.811. The van der Waals surface area contributed by atoms with Gasteiger partial charge in [-0.3, -0.25) is 14.5 Å². The van der Waals surface area contributed by atoms with Crippen molar-refractivity contribution < 1.29 is 9.59 Å². The van der Waals surface area contributed by atoms with E-state index >= 15 is 0 Å². The Balaban J connectivity index is 1.20. The number of carbonyl (C=O) groups is 2. The molecule has 1 saturated heterocycles. The highest BCUT2D eigenvalue weighted by Crippen LogP contribution is 2.46. The van der Waals surface area contributed by atoms with Crippen molar-refractivity contribution in [1.82, 2.24) is 24.8 Å². The third-order valence-corrected chi connectivity index (χ3v) is 8.62. The highest BCUT2D eigenvalue weighted by molar-refractivity contribution is 9.10. The molecule has 1 saturated carbocycles. The first-order valence-corrected chi connectivity index (χ1v) is 13.5. The number of primary amides is 1. The normalized spacial score (nSPS) is 25.2. The van der Waals surface area contributed by atoms with Crippen LogP contribution < -0.4 is 11.1 Å². The van der Waals surface area contributed by atoms with Crippen molar-refractivity contribution in [3.05, 3.63) is 52.7 Å². The molecule has 2 fully saturated rings. The van der Waals surface area contributed by atoms with Gasteiger partial charge in [0.2, 0.25) is 11.8 Å². The first kappa shape index (κ1) is 24.1. The molecule has 192 valence electrons. The van der Waals surface area contributed by atoms with E-state index in [9.17, 15) is 9.59 Å². The number of amides is 2. The SMILES string of the molecule is CC(=O)N1CCN(Cc2ccc(-c3nc4ncc(Br)c(N[C@H]5[C@@H](C(N)=O)[C@@H]6C=C[C@H]5C6)c4[nH]3)cc2)CC1. The maximum atomic E-state index is 12.2. The lowest BCUT2D eigenvalue weighted by Crippen LogP contribution is -2.47. The molecule has 2 amide bonds. The van der Waals surface area contributed by atoms with Crippen molar-refractivity contribution >= 4 is 44.6 Å². The number of nitrogens with zero attached hydrogens (tertiary/aromatic N) is 4. The molecule has 9 nitrogen and oxygen atoms in total. The van der Waals surface area contributed by atoms with Crippen LogP contribution in [0.25, 0.3) is 22.6 Å². The Morgan fingerprint density at radius 1 is 1.14 bits per heavy atom. The molecule has 10 heteroatoms. The Hall–Kier alpha value is -3.24. The first-order chi connectivity index (χ1) is 17.9. The number of nitrogens with two attached hydrogens (primary N) is 1. The summed E-state index contributed by atoms with van der Waals surface area (Å²) >= 11 is 3.64. The summed E-state index contributed by atoms with van der Waals surface area (Å²) in [5.74, 6) is 0.870. The fourth-order valence-corrected chi connectivity index (χ4v) is 6.45. The van der Waals surface area contributed by atoms with Crippen LogP contribution in [-0.2, 0) is 16.1 Å². The molecule has 1 aliphatic heterocycles. The average molecular weight is 564 g/mol. The predicted octanol–water partition coefficient (Wildman–Crippen LogP) is 3.14. The maximum Gasteiger partial charge on any atom is 0.223 e. The number of carbonyl (C=O) groups excluding carboxylic acids is 2. The van der Waals surface area contributed by atoms with Crippen LogP contribution in [0, 0.1) is 17.8 Å². The molecule has 2 aliphatic carbocycles. The largest absolute Gasteiger partial charge is 0.378 e. The second-order valence-corrected chi connectivity index (χ2v) is 11.1. The van der Waals surface area contributed by atoms with E-state index in [0.717, 1.165) is 66.2 Å². The third-order valence-electron chi connectivity index (χ3n) is 8.02. The summed E-state index contributed by atoms with van der Waals surface area (Å²) in [6.45, 7) is 5.82. The van der Waals surface area contributed by atoms with Gasteiger partial charge >= 0.3 is 0 Å². The van der Waals surface area contributed by atoms with Gasteiger partial charge in [-0.1, -0.05) is 36.4 Å². The number of anilines is 1. The number of allylic oxidation sites excluding steroid dienone is 1. The van der Waals surface area contributed by atoms with Crippen molar-refractivity contribution in [3.63, 3.8) is 0 Å². The van der Waals surface area contributed by atoms with Crippen LogP contribution in [-0.4, -0.2) is 68.8 Å². The number of aromatic nitrogens is 3. The van der Waals surface area contributed by atoms with Crippen LogP contribution in [0.1, 0.15) is 18.9 Å². The van der Waals surface area contributed by atoms with Gasteiger partial charge in [-0.2, -0.15) is 0 Å². The van der Waals surface area contributed by atoms with Crippen molar-refractivity contribution in [1.29, 1.82) is 0 Å². The minimum Gasteiger partial charge on any atom is -0.378 e. The number of fused-ring (bicyclic) bond motifs is 3. The van der Waals surface area contributed by atoms with Gasteiger partial charge in [-0.05, 0) is 39.8 Å². The minimum atomic E-state index is -0.262. The number of hydrogen-bond donors (Lipinski definition) is 3. The fraction of sp³-hybridized carbons (Fsp3) is 0.407. The van der Waals surface area contributed by atoms with Crippen LogP contribution in [0.5, 0.6) is 0 Å². The van der Waals surface area contributed by atoms with E-state index in [-0.39, 0.29) is 35.6 Å². The van der Waals surface area contributed by atoms with Crippen LogP contribution in [0.3, 0.4) is 0 Å². The Morgan fingerprint density at radius 3 is 2.57 bits per heavy atom. The molecule has 37 heavy (non-hydrogen) atoms. The number of hydrogen-bond acceptors (Lipinski definition) is 6. The lowest BCUT2D eigenvalue weighted by molar-refractivity contribution is -0.130. The minimum absolute atomic E-state index is 0.0576. The van der Waals surface area contributed by atoms with Crippen LogP contribution >= 0.6 is 15.9 Å². The lowest BCUT2D eigenvalue weighted by atomic mass is 9.88. The monoisotopic (exact) mass is 563 g/mol. The zero-order valence-corrected chi connectivity index (χ0v) is 22.2. The van der Waals surface area contributed by atoms with Gasteiger partial charge in [0.25, 0.3) is 0 Å². The van der Waals surface area contributed by atoms with Gasteiger partial charge in [0.15, 0.2) is 5.65 Å². The number of nitrogens with one attached hydrogen (secondary N) is 2. The molecule has 4 atom stereocenters. The van der Waals surface area contributed by atoms with E-state index in [4.69, 9.17) is 10.7 Å². The van der Waals surface area contributed by atoms with Crippen LogP contribution in [0.2, 0.25) is 0 Å². The number of pyridine rings is 1. The van der Waals surface area contributed by atoms with E-state index < -0.39 is 0 Å². The number of rotatable bonds is 6. The third kappa shape index (κ3) is 4.53. The number of benzene rings is 1. The number of aromatic amines is 1. The van der Waals surface area contributed by atoms with Crippen molar-refractivity contribution in [3.8, 4) is 11.4 Å². The van der Waals surface area contributed by atoms with Gasteiger partial charge in [0.05, 0.1) is 16.1 Å². The van der Waals surface area contributed by atoms with E-state index in [2.05, 4.69) is 72.5 Å². The van der Waals surface area contributed by atoms with Crippen LogP contribution in [0.4, 0.5) is 5.69 Å². The summed E-state index contributed by atoms with van der Waals surface area (Å²) in [6.07, 6.45) is 7.01. The number of H-pyrrole nitrogens is 1.